The van der Waals surface area contributed by atoms with Gasteiger partial charge in [0.15, 0.2) is 5.76 Å². The number of amides is 1. The number of hydrogen-bond donors (Lipinski definition) is 1. The van der Waals surface area contributed by atoms with Crippen molar-refractivity contribution in [2.75, 3.05) is 49.7 Å². The van der Waals surface area contributed by atoms with Crippen LogP contribution in [0.15, 0.2) is 34.7 Å². The van der Waals surface area contributed by atoms with Crippen molar-refractivity contribution in [3.63, 3.8) is 0 Å². The zero-order chi connectivity index (χ0) is 22.7. The maximum Gasteiger partial charge on any atom is 0.291 e. The number of morpholine rings is 1. The summed E-state index contributed by atoms with van der Waals surface area (Å²) in [5, 5.41) is 4.34. The number of nitrogens with zero attached hydrogens (tertiary/aromatic N) is 1. The molecule has 0 unspecified atom stereocenters. The Morgan fingerprint density at radius 3 is 2.53 bits per heavy atom. The highest BCUT2D eigenvalue weighted by Crippen LogP contribution is 2.40. The molecule has 1 N–H and O–H groups in total. The predicted octanol–water partition coefficient (Wildman–Crippen LogP) is 5.28. The normalized spacial score (nSPS) is 13.9. The minimum atomic E-state index is -0.364. The minimum absolute atomic E-state index is 0.236. The van der Waals surface area contributed by atoms with Crippen LogP contribution in [0.2, 0.25) is 5.02 Å². The third kappa shape index (κ3) is 4.49. The highest BCUT2D eigenvalue weighted by atomic mass is 35.5. The third-order valence-electron chi connectivity index (χ3n) is 5.37. The summed E-state index contributed by atoms with van der Waals surface area (Å²) in [5.41, 5.74) is 2.79. The quantitative estimate of drug-likeness (QED) is 0.519. The summed E-state index contributed by atoms with van der Waals surface area (Å²) >= 11 is 6.11. The van der Waals surface area contributed by atoms with E-state index in [1.807, 2.05) is 32.9 Å². The van der Waals surface area contributed by atoms with Gasteiger partial charge in [0.05, 0.1) is 37.8 Å². The number of carbonyl (C=O) groups is 1. The van der Waals surface area contributed by atoms with E-state index >= 15 is 0 Å². The average molecular weight is 459 g/mol. The molecule has 2 aromatic carbocycles. The monoisotopic (exact) mass is 458 g/mol. The lowest BCUT2D eigenvalue weighted by Crippen LogP contribution is -2.36. The number of nitrogens with one attached hydrogen (secondary N) is 1. The molecular formula is C24H27ClN2O5. The van der Waals surface area contributed by atoms with Gasteiger partial charge < -0.3 is 28.8 Å². The van der Waals surface area contributed by atoms with E-state index in [9.17, 15) is 4.79 Å². The van der Waals surface area contributed by atoms with Gasteiger partial charge in [-0.3, -0.25) is 4.79 Å². The second kappa shape index (κ2) is 9.71. The lowest BCUT2D eigenvalue weighted by molar-refractivity contribution is 0.0997. The van der Waals surface area contributed by atoms with Crippen molar-refractivity contribution in [2.45, 2.75) is 20.8 Å². The second-order valence-electron chi connectivity index (χ2n) is 7.43. The van der Waals surface area contributed by atoms with Crippen molar-refractivity contribution in [3.05, 3.63) is 46.7 Å². The largest absolute Gasteiger partial charge is 0.492 e. The number of ether oxygens (including phenoxy) is 3. The fourth-order valence-corrected chi connectivity index (χ4v) is 4.01. The van der Waals surface area contributed by atoms with E-state index in [0.29, 0.717) is 54.2 Å². The van der Waals surface area contributed by atoms with Crippen LogP contribution in [0.3, 0.4) is 0 Å². The van der Waals surface area contributed by atoms with Crippen LogP contribution >= 0.6 is 11.6 Å². The van der Waals surface area contributed by atoms with Crippen molar-refractivity contribution in [3.8, 4) is 11.5 Å². The number of furan rings is 1. The van der Waals surface area contributed by atoms with Gasteiger partial charge in [0.1, 0.15) is 17.1 Å². The molecule has 32 heavy (non-hydrogen) atoms. The van der Waals surface area contributed by atoms with Gasteiger partial charge >= 0.3 is 0 Å². The molecule has 0 atom stereocenters. The summed E-state index contributed by atoms with van der Waals surface area (Å²) in [6.45, 7) is 9.48. The number of rotatable bonds is 7. The molecule has 0 bridgehead atoms. The molecule has 0 saturated carbocycles. The van der Waals surface area contributed by atoms with Crippen LogP contribution in [0.1, 0.15) is 30.0 Å². The maximum absolute atomic E-state index is 13.1. The van der Waals surface area contributed by atoms with E-state index in [-0.39, 0.29) is 11.7 Å². The first-order chi connectivity index (χ1) is 15.5. The van der Waals surface area contributed by atoms with Gasteiger partial charge in [-0.25, -0.2) is 0 Å². The van der Waals surface area contributed by atoms with Crippen LogP contribution in [-0.4, -0.2) is 45.4 Å². The van der Waals surface area contributed by atoms with Crippen molar-refractivity contribution < 1.29 is 23.4 Å². The molecule has 0 aliphatic carbocycles. The van der Waals surface area contributed by atoms with Crippen LogP contribution in [0, 0.1) is 6.92 Å². The Balaban J connectivity index is 1.69. The summed E-state index contributed by atoms with van der Waals surface area (Å²) in [7, 11) is 0. The SMILES string of the molecule is CCOc1cc(N2CCOCC2)c(OCC)cc1NC(=O)c1oc2ccc(Cl)cc2c1C. The maximum atomic E-state index is 13.1. The molecule has 0 spiro atoms. The number of carbonyl (C=O) groups excluding carboxylic acids is 1. The summed E-state index contributed by atoms with van der Waals surface area (Å²) < 4.78 is 23.1. The molecule has 1 aliphatic rings. The molecular weight excluding hydrogens is 432 g/mol. The Kier molecular flexibility index (Phi) is 6.77. The molecule has 1 aromatic heterocycles. The number of benzene rings is 2. The molecule has 1 saturated heterocycles. The van der Waals surface area contributed by atoms with E-state index in [1.54, 1.807) is 18.2 Å². The first kappa shape index (κ1) is 22.3. The smallest absolute Gasteiger partial charge is 0.291 e. The number of anilines is 2. The predicted molar refractivity (Wildman–Crippen MR) is 126 cm³/mol. The highest BCUT2D eigenvalue weighted by Gasteiger charge is 2.23. The van der Waals surface area contributed by atoms with Gasteiger partial charge in [0, 0.05) is 41.2 Å². The van der Waals surface area contributed by atoms with E-state index in [1.165, 1.54) is 0 Å². The average Bonchev–Trinajstić information content (AvgIpc) is 3.12. The first-order valence-corrected chi connectivity index (χ1v) is 11.2. The van der Waals surface area contributed by atoms with E-state index in [2.05, 4.69) is 10.2 Å². The van der Waals surface area contributed by atoms with Crippen LogP contribution < -0.4 is 19.7 Å². The Hall–Kier alpha value is -2.90. The first-order valence-electron chi connectivity index (χ1n) is 10.8. The summed E-state index contributed by atoms with van der Waals surface area (Å²) in [5.74, 6) is 1.13. The van der Waals surface area contributed by atoms with Gasteiger partial charge in [-0.2, -0.15) is 0 Å². The Morgan fingerprint density at radius 1 is 1.09 bits per heavy atom. The molecule has 1 aliphatic heterocycles. The summed E-state index contributed by atoms with van der Waals surface area (Å²) in [6.07, 6.45) is 0. The van der Waals surface area contributed by atoms with Gasteiger partial charge in [-0.1, -0.05) is 11.6 Å². The lowest BCUT2D eigenvalue weighted by Gasteiger charge is -2.31. The fourth-order valence-electron chi connectivity index (χ4n) is 3.83. The van der Waals surface area contributed by atoms with Crippen molar-refractivity contribution in [1.82, 2.24) is 0 Å². The summed E-state index contributed by atoms with van der Waals surface area (Å²) in [4.78, 5) is 15.3. The Bertz CT molecular complexity index is 1120. The standard InChI is InChI=1S/C24H27ClN2O5/c1-4-30-21-14-19(27-8-10-29-11-9-27)22(31-5-2)13-18(21)26-24(28)23-15(3)17-12-16(25)6-7-20(17)32-23/h6-7,12-14H,4-5,8-11H2,1-3H3,(H,26,28). The fraction of sp³-hybridized carbons (Fsp3) is 0.375. The zero-order valence-electron chi connectivity index (χ0n) is 18.5. The van der Waals surface area contributed by atoms with Gasteiger partial charge in [0.25, 0.3) is 5.91 Å². The van der Waals surface area contributed by atoms with Crippen molar-refractivity contribution in [1.29, 1.82) is 0 Å². The molecule has 0 radical (unpaired) electrons. The van der Waals surface area contributed by atoms with E-state index in [4.69, 9.17) is 30.2 Å². The molecule has 8 heteroatoms. The van der Waals surface area contributed by atoms with Gasteiger partial charge in [-0.15, -0.1) is 0 Å². The minimum Gasteiger partial charge on any atom is -0.492 e. The Labute approximate surface area is 192 Å². The van der Waals surface area contributed by atoms with E-state index in [0.717, 1.165) is 29.7 Å². The van der Waals surface area contributed by atoms with Gasteiger partial charge in [0.2, 0.25) is 0 Å². The van der Waals surface area contributed by atoms with Crippen molar-refractivity contribution in [2.24, 2.45) is 0 Å². The second-order valence-corrected chi connectivity index (χ2v) is 7.87. The molecule has 2 heterocycles. The molecule has 1 fully saturated rings. The molecule has 170 valence electrons. The van der Waals surface area contributed by atoms with Gasteiger partial charge in [-0.05, 0) is 39.0 Å². The topological polar surface area (TPSA) is 73.2 Å². The number of aryl methyl sites for hydroxylation is 1. The molecule has 7 nitrogen and oxygen atoms in total. The summed E-state index contributed by atoms with van der Waals surface area (Å²) in [6, 6.07) is 9.02. The zero-order valence-corrected chi connectivity index (χ0v) is 19.3. The Morgan fingerprint density at radius 2 is 1.81 bits per heavy atom. The molecule has 4 rings (SSSR count). The molecule has 1 amide bonds. The van der Waals surface area contributed by atoms with Crippen LogP contribution in [0.4, 0.5) is 11.4 Å². The third-order valence-corrected chi connectivity index (χ3v) is 5.60. The van der Waals surface area contributed by atoms with Crippen molar-refractivity contribution >= 4 is 39.9 Å². The lowest BCUT2D eigenvalue weighted by atomic mass is 10.1. The molecule has 3 aromatic rings. The van der Waals surface area contributed by atoms with E-state index < -0.39 is 0 Å². The van der Waals surface area contributed by atoms with Crippen LogP contribution in [0.25, 0.3) is 11.0 Å². The number of fused-ring (bicyclic) bond motifs is 1. The number of halogens is 1. The highest BCUT2D eigenvalue weighted by molar-refractivity contribution is 6.31. The number of hydrogen-bond acceptors (Lipinski definition) is 6. The van der Waals surface area contributed by atoms with Crippen LogP contribution in [-0.2, 0) is 4.74 Å². The van der Waals surface area contributed by atoms with Crippen LogP contribution in [0.5, 0.6) is 11.5 Å².